The molecule has 4 nitrogen and oxygen atoms in total. The minimum absolute atomic E-state index is 0.0409. The first-order valence-corrected chi connectivity index (χ1v) is 6.95. The van der Waals surface area contributed by atoms with E-state index in [0.29, 0.717) is 6.54 Å². The molecule has 0 saturated heterocycles. The summed E-state index contributed by atoms with van der Waals surface area (Å²) in [4.78, 5) is 11.7. The fraction of sp³-hybridized carbons (Fsp3) is 0.562. The van der Waals surface area contributed by atoms with Gasteiger partial charge in [0.05, 0.1) is 0 Å². The van der Waals surface area contributed by atoms with E-state index in [9.17, 15) is 4.79 Å². The smallest absolute Gasteiger partial charge is 0.412 e. The van der Waals surface area contributed by atoms with E-state index in [-0.39, 0.29) is 5.41 Å². The molecule has 0 aliphatic carbocycles. The quantitative estimate of drug-likeness (QED) is 0.883. The highest BCUT2D eigenvalue weighted by atomic mass is 16.6. The second-order valence-corrected chi connectivity index (χ2v) is 6.63. The minimum Gasteiger partial charge on any atom is -0.444 e. The molecule has 0 aliphatic heterocycles. The number of benzene rings is 1. The molecule has 1 aromatic rings. The predicted octanol–water partition coefficient (Wildman–Crippen LogP) is 3.66. The Kier molecular flexibility index (Phi) is 5.17. The monoisotopic (exact) mass is 278 g/mol. The molecule has 0 radical (unpaired) electrons. The third kappa shape index (κ3) is 5.21. The van der Waals surface area contributed by atoms with Crippen LogP contribution in [0, 0.1) is 0 Å². The van der Waals surface area contributed by atoms with Crippen molar-refractivity contribution in [2.24, 2.45) is 5.73 Å². The first-order chi connectivity index (χ1) is 9.14. The van der Waals surface area contributed by atoms with Gasteiger partial charge >= 0.3 is 6.09 Å². The van der Waals surface area contributed by atoms with E-state index < -0.39 is 11.7 Å². The topological polar surface area (TPSA) is 64.3 Å². The standard InChI is InChI=1S/C16H26N2O2/c1-15(2,3)20-14(19)18-13-8-6-12(7-9-13)16(4,5)10-11-17/h6-9H,10-11,17H2,1-5H3,(H,18,19). The van der Waals surface area contributed by atoms with E-state index in [4.69, 9.17) is 10.5 Å². The number of hydrogen-bond acceptors (Lipinski definition) is 3. The van der Waals surface area contributed by atoms with Crippen LogP contribution in [0.3, 0.4) is 0 Å². The summed E-state index contributed by atoms with van der Waals surface area (Å²) in [6.07, 6.45) is 0.484. The normalized spacial score (nSPS) is 12.1. The molecule has 0 bridgehead atoms. The van der Waals surface area contributed by atoms with Gasteiger partial charge in [-0.15, -0.1) is 0 Å². The van der Waals surface area contributed by atoms with Gasteiger partial charge in [0.1, 0.15) is 5.60 Å². The second kappa shape index (κ2) is 6.27. The van der Waals surface area contributed by atoms with Crippen molar-refractivity contribution in [2.45, 2.75) is 52.1 Å². The maximum Gasteiger partial charge on any atom is 0.412 e. The number of amides is 1. The van der Waals surface area contributed by atoms with E-state index in [0.717, 1.165) is 12.1 Å². The van der Waals surface area contributed by atoms with Crippen molar-refractivity contribution in [2.75, 3.05) is 11.9 Å². The van der Waals surface area contributed by atoms with Crippen molar-refractivity contribution in [3.63, 3.8) is 0 Å². The van der Waals surface area contributed by atoms with Crippen LogP contribution in [0.4, 0.5) is 10.5 Å². The molecule has 0 aliphatic rings. The van der Waals surface area contributed by atoms with Crippen LogP contribution in [0.15, 0.2) is 24.3 Å². The average Bonchev–Trinajstić information content (AvgIpc) is 2.26. The van der Waals surface area contributed by atoms with Crippen molar-refractivity contribution < 1.29 is 9.53 Å². The van der Waals surface area contributed by atoms with E-state index in [1.807, 2.05) is 45.0 Å². The largest absolute Gasteiger partial charge is 0.444 e. The summed E-state index contributed by atoms with van der Waals surface area (Å²) >= 11 is 0. The van der Waals surface area contributed by atoms with E-state index in [1.54, 1.807) is 0 Å². The van der Waals surface area contributed by atoms with Gasteiger partial charge in [0.15, 0.2) is 0 Å². The van der Waals surface area contributed by atoms with Gasteiger partial charge in [-0.3, -0.25) is 5.32 Å². The Labute approximate surface area is 121 Å². The number of nitrogens with two attached hydrogens (primary N) is 1. The summed E-state index contributed by atoms with van der Waals surface area (Å²) in [5.74, 6) is 0. The van der Waals surface area contributed by atoms with Gasteiger partial charge in [-0.2, -0.15) is 0 Å². The zero-order chi connectivity index (χ0) is 15.4. The van der Waals surface area contributed by atoms with Crippen molar-refractivity contribution in [1.82, 2.24) is 0 Å². The third-order valence-electron chi connectivity index (χ3n) is 3.08. The highest BCUT2D eigenvalue weighted by Gasteiger charge is 2.20. The molecule has 0 spiro atoms. The molecule has 4 heteroatoms. The number of hydrogen-bond donors (Lipinski definition) is 2. The summed E-state index contributed by atoms with van der Waals surface area (Å²) < 4.78 is 5.21. The van der Waals surface area contributed by atoms with Crippen LogP contribution in [0.5, 0.6) is 0 Å². The number of rotatable bonds is 4. The molecule has 0 atom stereocenters. The first kappa shape index (κ1) is 16.5. The van der Waals surface area contributed by atoms with Crippen LogP contribution >= 0.6 is 0 Å². The molecule has 1 aromatic carbocycles. The molecule has 1 amide bonds. The van der Waals surface area contributed by atoms with Crippen LogP contribution in [-0.2, 0) is 10.2 Å². The maximum atomic E-state index is 11.7. The van der Waals surface area contributed by atoms with Gasteiger partial charge in [-0.1, -0.05) is 26.0 Å². The van der Waals surface area contributed by atoms with Crippen LogP contribution in [-0.4, -0.2) is 18.2 Å². The molecule has 0 saturated carbocycles. The van der Waals surface area contributed by atoms with Crippen LogP contribution in [0.1, 0.15) is 46.6 Å². The number of ether oxygens (including phenoxy) is 1. The Bertz CT molecular complexity index is 445. The lowest BCUT2D eigenvalue weighted by Gasteiger charge is -2.25. The Morgan fingerprint density at radius 3 is 2.15 bits per heavy atom. The summed E-state index contributed by atoms with van der Waals surface area (Å²) in [6, 6.07) is 7.81. The average molecular weight is 278 g/mol. The molecule has 20 heavy (non-hydrogen) atoms. The summed E-state index contributed by atoms with van der Waals surface area (Å²) in [6.45, 7) is 10.5. The van der Waals surface area contributed by atoms with E-state index >= 15 is 0 Å². The number of carbonyl (C=O) groups is 1. The summed E-state index contributed by atoms with van der Waals surface area (Å²) in [5, 5.41) is 2.72. The lowest BCUT2D eigenvalue weighted by molar-refractivity contribution is 0.0636. The Hall–Kier alpha value is -1.55. The van der Waals surface area contributed by atoms with Crippen LogP contribution < -0.4 is 11.1 Å². The fourth-order valence-electron chi connectivity index (χ4n) is 1.93. The van der Waals surface area contributed by atoms with Crippen molar-refractivity contribution >= 4 is 11.8 Å². The molecule has 0 unspecified atom stereocenters. The van der Waals surface area contributed by atoms with Gasteiger partial charge in [-0.05, 0) is 56.8 Å². The Balaban J connectivity index is 2.70. The SMILES string of the molecule is CC(C)(C)OC(=O)Nc1ccc(C(C)(C)CCN)cc1. The molecule has 112 valence electrons. The van der Waals surface area contributed by atoms with Gasteiger partial charge in [-0.25, -0.2) is 4.79 Å². The third-order valence-corrected chi connectivity index (χ3v) is 3.08. The molecule has 3 N–H and O–H groups in total. The van der Waals surface area contributed by atoms with Crippen LogP contribution in [0.2, 0.25) is 0 Å². The maximum absolute atomic E-state index is 11.7. The van der Waals surface area contributed by atoms with Crippen LogP contribution in [0.25, 0.3) is 0 Å². The number of nitrogens with one attached hydrogen (secondary N) is 1. The van der Waals surface area contributed by atoms with E-state index in [2.05, 4.69) is 19.2 Å². The molecule has 0 aromatic heterocycles. The zero-order valence-corrected chi connectivity index (χ0v) is 13.1. The van der Waals surface area contributed by atoms with Crippen molar-refractivity contribution in [1.29, 1.82) is 0 Å². The van der Waals surface area contributed by atoms with Crippen molar-refractivity contribution in [3.05, 3.63) is 29.8 Å². The lowest BCUT2D eigenvalue weighted by atomic mass is 9.81. The molecular weight excluding hydrogens is 252 g/mol. The fourth-order valence-corrected chi connectivity index (χ4v) is 1.93. The van der Waals surface area contributed by atoms with E-state index in [1.165, 1.54) is 5.56 Å². The molecular formula is C16H26N2O2. The molecule has 0 heterocycles. The zero-order valence-electron chi connectivity index (χ0n) is 13.1. The van der Waals surface area contributed by atoms with Gasteiger partial charge in [0, 0.05) is 5.69 Å². The highest BCUT2D eigenvalue weighted by Crippen LogP contribution is 2.27. The molecule has 0 fully saturated rings. The predicted molar refractivity (Wildman–Crippen MR) is 83.0 cm³/mol. The number of anilines is 1. The molecule has 1 rings (SSSR count). The Morgan fingerprint density at radius 1 is 1.15 bits per heavy atom. The highest BCUT2D eigenvalue weighted by molar-refractivity contribution is 5.84. The van der Waals surface area contributed by atoms with Gasteiger partial charge < -0.3 is 10.5 Å². The summed E-state index contributed by atoms with van der Waals surface area (Å²) in [7, 11) is 0. The van der Waals surface area contributed by atoms with Gasteiger partial charge in [0.2, 0.25) is 0 Å². The summed E-state index contributed by atoms with van der Waals surface area (Å²) in [5.41, 5.74) is 7.12. The first-order valence-electron chi connectivity index (χ1n) is 6.95. The Morgan fingerprint density at radius 2 is 1.70 bits per heavy atom. The second-order valence-electron chi connectivity index (χ2n) is 6.63. The van der Waals surface area contributed by atoms with Gasteiger partial charge in [0.25, 0.3) is 0 Å². The minimum atomic E-state index is -0.493. The lowest BCUT2D eigenvalue weighted by Crippen LogP contribution is -2.27. The number of carbonyl (C=O) groups excluding carboxylic acids is 1. The van der Waals surface area contributed by atoms with Crippen molar-refractivity contribution in [3.8, 4) is 0 Å².